The fourth-order valence-corrected chi connectivity index (χ4v) is 1.10. The summed E-state index contributed by atoms with van der Waals surface area (Å²) in [4.78, 5) is 0. The smallest absolute Gasteiger partial charge is 0.149 e. The monoisotopic (exact) mass is 174 g/mol. The highest BCUT2D eigenvalue weighted by atomic mass is 16.3. The van der Waals surface area contributed by atoms with Crippen LogP contribution >= 0.6 is 0 Å². The Morgan fingerprint density at radius 3 is 2.69 bits per heavy atom. The SMILES string of the molecule is C/C(=N/n1cccc1)c1ccco1. The zero-order valence-electron chi connectivity index (χ0n) is 7.34. The van der Waals surface area contributed by atoms with Gasteiger partial charge in [-0.25, -0.2) is 4.68 Å². The van der Waals surface area contributed by atoms with Crippen molar-refractivity contribution in [2.75, 3.05) is 0 Å². The molecule has 0 aliphatic rings. The molecule has 2 heterocycles. The predicted molar refractivity (Wildman–Crippen MR) is 50.7 cm³/mol. The molecule has 0 spiro atoms. The van der Waals surface area contributed by atoms with Crippen molar-refractivity contribution in [2.45, 2.75) is 6.92 Å². The van der Waals surface area contributed by atoms with Crippen molar-refractivity contribution in [1.82, 2.24) is 4.68 Å². The van der Waals surface area contributed by atoms with Crippen molar-refractivity contribution in [1.29, 1.82) is 0 Å². The molecule has 0 N–H and O–H groups in total. The minimum atomic E-state index is 0.800. The summed E-state index contributed by atoms with van der Waals surface area (Å²) < 4.78 is 6.95. The molecule has 0 atom stereocenters. The van der Waals surface area contributed by atoms with Gasteiger partial charge in [-0.2, -0.15) is 5.10 Å². The molecule has 0 fully saturated rings. The topological polar surface area (TPSA) is 30.4 Å². The second-order valence-corrected chi connectivity index (χ2v) is 2.73. The van der Waals surface area contributed by atoms with Crippen LogP contribution < -0.4 is 0 Å². The summed E-state index contributed by atoms with van der Waals surface area (Å²) in [5.41, 5.74) is 0.862. The lowest BCUT2D eigenvalue weighted by molar-refractivity contribution is 0.556. The van der Waals surface area contributed by atoms with Gasteiger partial charge in [0, 0.05) is 12.4 Å². The van der Waals surface area contributed by atoms with Crippen molar-refractivity contribution in [2.24, 2.45) is 5.10 Å². The molecule has 0 bridgehead atoms. The number of nitrogens with zero attached hydrogens (tertiary/aromatic N) is 2. The Morgan fingerprint density at radius 1 is 1.31 bits per heavy atom. The number of rotatable bonds is 2. The molecule has 0 amide bonds. The Balaban J connectivity index is 2.27. The fourth-order valence-electron chi connectivity index (χ4n) is 1.10. The molecule has 0 radical (unpaired) electrons. The van der Waals surface area contributed by atoms with Crippen LogP contribution in [0.3, 0.4) is 0 Å². The zero-order valence-corrected chi connectivity index (χ0v) is 7.34. The fraction of sp³-hybridized carbons (Fsp3) is 0.100. The summed E-state index contributed by atoms with van der Waals surface area (Å²) in [6, 6.07) is 7.60. The maximum atomic E-state index is 5.20. The van der Waals surface area contributed by atoms with E-state index in [-0.39, 0.29) is 0 Å². The third-order valence-corrected chi connectivity index (χ3v) is 1.73. The molecule has 66 valence electrons. The van der Waals surface area contributed by atoms with Gasteiger partial charge in [0.2, 0.25) is 0 Å². The Hall–Kier alpha value is -1.77. The lowest BCUT2D eigenvalue weighted by Crippen LogP contribution is -1.95. The molecular weight excluding hydrogens is 164 g/mol. The molecule has 2 aromatic heterocycles. The Kier molecular flexibility index (Phi) is 2.00. The van der Waals surface area contributed by atoms with Gasteiger partial charge in [-0.15, -0.1) is 0 Å². The van der Waals surface area contributed by atoms with Gasteiger partial charge >= 0.3 is 0 Å². The van der Waals surface area contributed by atoms with E-state index in [0.29, 0.717) is 0 Å². The van der Waals surface area contributed by atoms with E-state index in [4.69, 9.17) is 4.42 Å². The van der Waals surface area contributed by atoms with Gasteiger partial charge in [-0.3, -0.25) is 0 Å². The van der Waals surface area contributed by atoms with Crippen LogP contribution in [0.1, 0.15) is 12.7 Å². The van der Waals surface area contributed by atoms with E-state index >= 15 is 0 Å². The highest BCUT2D eigenvalue weighted by Crippen LogP contribution is 2.02. The highest BCUT2D eigenvalue weighted by molar-refractivity contribution is 5.95. The van der Waals surface area contributed by atoms with E-state index in [9.17, 15) is 0 Å². The quantitative estimate of drug-likeness (QED) is 0.643. The van der Waals surface area contributed by atoms with Gasteiger partial charge in [0.1, 0.15) is 11.5 Å². The lowest BCUT2D eigenvalue weighted by atomic mass is 10.3. The summed E-state index contributed by atoms with van der Waals surface area (Å²) in [5, 5.41) is 4.30. The molecule has 0 aliphatic carbocycles. The van der Waals surface area contributed by atoms with Crippen LogP contribution in [0, 0.1) is 0 Å². The molecular formula is C10H10N2O. The summed E-state index contributed by atoms with van der Waals surface area (Å²) in [7, 11) is 0. The molecule has 2 rings (SSSR count). The van der Waals surface area contributed by atoms with Crippen LogP contribution in [-0.4, -0.2) is 10.4 Å². The minimum absolute atomic E-state index is 0.800. The van der Waals surface area contributed by atoms with Crippen LogP contribution in [0.5, 0.6) is 0 Å². The summed E-state index contributed by atoms with van der Waals surface area (Å²) in [6.07, 6.45) is 5.41. The van der Waals surface area contributed by atoms with Crippen LogP contribution in [0.15, 0.2) is 52.4 Å². The van der Waals surface area contributed by atoms with E-state index in [1.807, 2.05) is 43.6 Å². The Morgan fingerprint density at radius 2 is 2.08 bits per heavy atom. The number of hydrogen-bond acceptors (Lipinski definition) is 2. The summed E-state index contributed by atoms with van der Waals surface area (Å²) in [5.74, 6) is 0.800. The normalized spacial score (nSPS) is 11.9. The van der Waals surface area contributed by atoms with Crippen molar-refractivity contribution in [3.63, 3.8) is 0 Å². The van der Waals surface area contributed by atoms with E-state index < -0.39 is 0 Å². The second-order valence-electron chi connectivity index (χ2n) is 2.73. The summed E-state index contributed by atoms with van der Waals surface area (Å²) >= 11 is 0. The van der Waals surface area contributed by atoms with Crippen molar-refractivity contribution in [3.05, 3.63) is 48.7 Å². The van der Waals surface area contributed by atoms with E-state index in [0.717, 1.165) is 11.5 Å². The summed E-state index contributed by atoms with van der Waals surface area (Å²) in [6.45, 7) is 1.92. The van der Waals surface area contributed by atoms with Crippen LogP contribution in [0.25, 0.3) is 0 Å². The minimum Gasteiger partial charge on any atom is -0.463 e. The molecule has 0 saturated heterocycles. The number of aromatic nitrogens is 1. The molecule has 2 aromatic rings. The average molecular weight is 174 g/mol. The van der Waals surface area contributed by atoms with Gasteiger partial charge < -0.3 is 4.42 Å². The van der Waals surface area contributed by atoms with Gasteiger partial charge in [-0.1, -0.05) is 0 Å². The predicted octanol–water partition coefficient (Wildman–Crippen LogP) is 2.35. The van der Waals surface area contributed by atoms with Crippen LogP contribution in [0.4, 0.5) is 0 Å². The largest absolute Gasteiger partial charge is 0.463 e. The first-order valence-electron chi connectivity index (χ1n) is 4.09. The van der Waals surface area contributed by atoms with Gasteiger partial charge in [0.15, 0.2) is 0 Å². The average Bonchev–Trinajstić information content (AvgIpc) is 2.74. The van der Waals surface area contributed by atoms with Crippen LogP contribution in [-0.2, 0) is 0 Å². The lowest BCUT2D eigenvalue weighted by Gasteiger charge is -1.95. The molecule has 0 unspecified atom stereocenters. The highest BCUT2D eigenvalue weighted by Gasteiger charge is 1.98. The molecule has 0 saturated carbocycles. The number of furan rings is 1. The Labute approximate surface area is 76.3 Å². The van der Waals surface area contributed by atoms with E-state index in [2.05, 4.69) is 5.10 Å². The van der Waals surface area contributed by atoms with Crippen molar-refractivity contribution < 1.29 is 4.42 Å². The molecule has 13 heavy (non-hydrogen) atoms. The van der Waals surface area contributed by atoms with Gasteiger partial charge in [0.05, 0.1) is 6.26 Å². The Bertz CT molecular complexity index is 384. The third kappa shape index (κ3) is 1.69. The maximum absolute atomic E-state index is 5.20. The van der Waals surface area contributed by atoms with Crippen LogP contribution in [0.2, 0.25) is 0 Å². The van der Waals surface area contributed by atoms with E-state index in [1.165, 1.54) is 0 Å². The van der Waals surface area contributed by atoms with E-state index in [1.54, 1.807) is 10.9 Å². The maximum Gasteiger partial charge on any atom is 0.149 e. The molecule has 0 aromatic carbocycles. The first-order valence-corrected chi connectivity index (χ1v) is 4.09. The molecule has 3 heteroatoms. The second kappa shape index (κ2) is 3.31. The molecule has 0 aliphatic heterocycles. The van der Waals surface area contributed by atoms with Gasteiger partial charge in [-0.05, 0) is 31.2 Å². The first kappa shape index (κ1) is 7.86. The van der Waals surface area contributed by atoms with Crippen molar-refractivity contribution in [3.8, 4) is 0 Å². The first-order chi connectivity index (χ1) is 6.36. The zero-order chi connectivity index (χ0) is 9.10. The van der Waals surface area contributed by atoms with Gasteiger partial charge in [0.25, 0.3) is 0 Å². The third-order valence-electron chi connectivity index (χ3n) is 1.73. The van der Waals surface area contributed by atoms with Crippen molar-refractivity contribution >= 4 is 5.71 Å². The number of hydrogen-bond donors (Lipinski definition) is 0. The molecule has 3 nitrogen and oxygen atoms in total. The standard InChI is InChI=1S/C10H10N2O/c1-9(10-5-4-8-13-10)11-12-6-2-3-7-12/h2-8H,1H3/b11-9-.